The van der Waals surface area contributed by atoms with Crippen LogP contribution in [0.15, 0.2) is 0 Å². The molecule has 0 spiro atoms. The van der Waals surface area contributed by atoms with Crippen LogP contribution < -0.4 is 0 Å². The lowest BCUT2D eigenvalue weighted by Crippen LogP contribution is -1.74. The van der Waals surface area contributed by atoms with Gasteiger partial charge in [0.2, 0.25) is 0 Å². The van der Waals surface area contributed by atoms with Gasteiger partial charge < -0.3 is 0 Å². The van der Waals surface area contributed by atoms with Crippen molar-refractivity contribution in [2.24, 2.45) is 0 Å². The van der Waals surface area contributed by atoms with Crippen molar-refractivity contribution >= 4 is 70.4 Å². The third kappa shape index (κ3) is 22.8. The van der Waals surface area contributed by atoms with E-state index < -0.39 is 0 Å². The summed E-state index contributed by atoms with van der Waals surface area (Å²) in [7, 11) is 0. The van der Waals surface area contributed by atoms with Gasteiger partial charge in [-0.05, 0) is 70.4 Å². The number of alkyl halides is 4. The molecule has 0 amide bonds. The summed E-state index contributed by atoms with van der Waals surface area (Å²) in [4.78, 5) is 0. The van der Waals surface area contributed by atoms with E-state index in [0.717, 1.165) is 0 Å². The maximum Gasteiger partial charge on any atom is 0.185 e. The molecule has 0 atom stereocenters. The molecule has 0 nitrogen and oxygen atoms in total. The summed E-state index contributed by atoms with van der Waals surface area (Å²) < 4.78 is -0.0925. The average molecular weight is 379 g/mol. The minimum absolute atomic E-state index is 0.0925. The lowest BCUT2D eigenvalue weighted by Gasteiger charge is -1.93. The van der Waals surface area contributed by atoms with E-state index in [2.05, 4.69) is 70.4 Å². The predicted molar refractivity (Wildman–Crippen MR) is 43.5 cm³/mol. The molecule has 0 radical (unpaired) electrons. The van der Waals surface area contributed by atoms with Crippen molar-refractivity contribution < 1.29 is 0 Å². The van der Waals surface area contributed by atoms with Crippen LogP contribution in [-0.2, 0) is 0 Å². The summed E-state index contributed by atoms with van der Waals surface area (Å²) in [6.07, 6.45) is 0. The Morgan fingerprint density at radius 3 is 1.20 bits per heavy atom. The summed E-state index contributed by atoms with van der Waals surface area (Å²) in [6.45, 7) is 0. The van der Waals surface area contributed by atoms with E-state index in [1.54, 1.807) is 0 Å². The molecule has 0 aromatic rings. The van der Waals surface area contributed by atoms with Crippen LogP contribution in [0.5, 0.6) is 0 Å². The molecule has 0 aliphatic rings. The van der Waals surface area contributed by atoms with Gasteiger partial charge in [-0.1, -0.05) is 0 Å². The molecule has 0 unspecified atom stereocenters. The Morgan fingerprint density at radius 1 is 1.20 bits per heavy atom. The van der Waals surface area contributed by atoms with Gasteiger partial charge >= 0.3 is 0 Å². The minimum atomic E-state index is -0.0925. The molecule has 4 heteroatoms. The monoisotopic (exact) mass is 376 g/mol. The minimum Gasteiger partial charge on any atom is -0.0482 e. The standard InChI is InChI=1S/CBr3I/c2-1(3,4)5. The summed E-state index contributed by atoms with van der Waals surface area (Å²) in [5.74, 6) is 0. The number of hydrogen-bond acceptors (Lipinski definition) is 0. The summed E-state index contributed by atoms with van der Waals surface area (Å²) >= 11 is 11.7. The van der Waals surface area contributed by atoms with Crippen molar-refractivity contribution in [1.29, 1.82) is 0 Å². The van der Waals surface area contributed by atoms with E-state index in [-0.39, 0.29) is 0.150 Å². The molecule has 0 bridgehead atoms. The molecule has 0 fully saturated rings. The van der Waals surface area contributed by atoms with Gasteiger partial charge in [0.05, 0.1) is 0 Å². The number of hydrogen-bond donors (Lipinski definition) is 0. The van der Waals surface area contributed by atoms with Crippen LogP contribution in [0.4, 0.5) is 0 Å². The molecule has 0 N–H and O–H groups in total. The van der Waals surface area contributed by atoms with Crippen molar-refractivity contribution in [3.63, 3.8) is 0 Å². The highest BCUT2D eigenvalue weighted by molar-refractivity contribution is 14.1. The van der Waals surface area contributed by atoms with E-state index in [9.17, 15) is 0 Å². The Labute approximate surface area is 69.6 Å². The van der Waals surface area contributed by atoms with Gasteiger partial charge in [-0.3, -0.25) is 0 Å². The van der Waals surface area contributed by atoms with Gasteiger partial charge in [0.25, 0.3) is 0 Å². The lowest BCUT2D eigenvalue weighted by atomic mass is 12.0. The van der Waals surface area contributed by atoms with Crippen molar-refractivity contribution in [1.82, 2.24) is 0 Å². The Hall–Kier alpha value is 2.17. The highest BCUT2D eigenvalue weighted by Gasteiger charge is 2.07. The van der Waals surface area contributed by atoms with Gasteiger partial charge in [0, 0.05) is 0 Å². The Morgan fingerprint density at radius 2 is 1.20 bits per heavy atom. The first-order chi connectivity index (χ1) is 2.00. The van der Waals surface area contributed by atoms with Gasteiger partial charge in [-0.2, -0.15) is 0 Å². The van der Waals surface area contributed by atoms with Crippen LogP contribution in [0.25, 0.3) is 0 Å². The van der Waals surface area contributed by atoms with Gasteiger partial charge in [0.1, 0.15) is 0 Å². The van der Waals surface area contributed by atoms with E-state index in [0.29, 0.717) is 0 Å². The number of halogens is 4. The smallest absolute Gasteiger partial charge is 0.0482 e. The first kappa shape index (κ1) is 7.17. The van der Waals surface area contributed by atoms with Crippen LogP contribution in [0.3, 0.4) is 0 Å². The van der Waals surface area contributed by atoms with E-state index in [4.69, 9.17) is 0 Å². The second-order valence-corrected chi connectivity index (χ2v) is 13.3. The first-order valence-electron chi connectivity index (χ1n) is 0.756. The fourth-order valence-electron chi connectivity index (χ4n) is 0. The van der Waals surface area contributed by atoms with Crippen LogP contribution in [0, 0.1) is 0 Å². The Kier molecular flexibility index (Phi) is 3.54. The molecule has 0 saturated carbocycles. The van der Waals surface area contributed by atoms with Crippen LogP contribution >= 0.6 is 70.4 Å². The normalized spacial score (nSPS) is 12.0. The van der Waals surface area contributed by atoms with Crippen LogP contribution in [-0.4, -0.2) is 0.150 Å². The van der Waals surface area contributed by atoms with Gasteiger partial charge in [-0.25, -0.2) is 0 Å². The highest BCUT2D eigenvalue weighted by atomic mass is 127. The summed E-state index contributed by atoms with van der Waals surface area (Å²) in [6, 6.07) is 0. The third-order valence-corrected chi connectivity index (χ3v) is 0. The summed E-state index contributed by atoms with van der Waals surface area (Å²) in [5, 5.41) is 0. The van der Waals surface area contributed by atoms with E-state index in [1.807, 2.05) is 0 Å². The molecule has 0 saturated heterocycles. The molecular formula is CBr3I. The molecule has 5 heavy (non-hydrogen) atoms. The van der Waals surface area contributed by atoms with Crippen LogP contribution in [0.2, 0.25) is 0 Å². The van der Waals surface area contributed by atoms with Crippen molar-refractivity contribution in [2.75, 3.05) is 0 Å². The molecule has 0 rings (SSSR count). The molecule has 0 aliphatic carbocycles. The second kappa shape index (κ2) is 2.47. The van der Waals surface area contributed by atoms with Gasteiger partial charge in [-0.15, -0.1) is 0 Å². The predicted octanol–water partition coefficient (Wildman–Crippen LogP) is 3.22. The Balaban J connectivity index is 3.02. The molecule has 0 aliphatic heterocycles. The summed E-state index contributed by atoms with van der Waals surface area (Å²) in [5.41, 5.74) is 0. The topological polar surface area (TPSA) is 0 Å². The molecular weight excluding hydrogens is 379 g/mol. The second-order valence-electron chi connectivity index (χ2n) is 0.429. The molecule has 0 aromatic heterocycles. The van der Waals surface area contributed by atoms with Crippen LogP contribution in [0.1, 0.15) is 0 Å². The largest absolute Gasteiger partial charge is 0.185 e. The molecule has 0 heterocycles. The maximum atomic E-state index is 3.20. The zero-order valence-electron chi connectivity index (χ0n) is 2.01. The van der Waals surface area contributed by atoms with Crippen molar-refractivity contribution in [3.8, 4) is 0 Å². The fraction of sp³-hybridized carbons (Fsp3) is 1.00. The van der Waals surface area contributed by atoms with E-state index in [1.165, 1.54) is 0 Å². The lowest BCUT2D eigenvalue weighted by molar-refractivity contribution is 2.20. The van der Waals surface area contributed by atoms with Crippen molar-refractivity contribution in [2.45, 2.75) is 0.150 Å². The third-order valence-electron chi connectivity index (χ3n) is 0. The van der Waals surface area contributed by atoms with Gasteiger partial charge in [0.15, 0.2) is 0.150 Å². The fourth-order valence-corrected chi connectivity index (χ4v) is 0. The molecule has 0 aromatic carbocycles. The van der Waals surface area contributed by atoms with E-state index >= 15 is 0 Å². The van der Waals surface area contributed by atoms with Crippen molar-refractivity contribution in [3.05, 3.63) is 0 Å². The number of rotatable bonds is 0. The zero-order valence-corrected chi connectivity index (χ0v) is 8.93. The first-order valence-corrected chi connectivity index (χ1v) is 4.21. The maximum absolute atomic E-state index is 3.20. The molecule has 32 valence electrons. The zero-order chi connectivity index (χ0) is 4.50. The quantitative estimate of drug-likeness (QED) is 0.448. The SMILES string of the molecule is BrC(Br)(Br)I. The Bertz CT molecular complexity index is 22.4. The average Bonchev–Trinajstić information content (AvgIpc) is 0.722. The highest BCUT2D eigenvalue weighted by Crippen LogP contribution is 2.40.